The van der Waals surface area contributed by atoms with Crippen LogP contribution in [0.3, 0.4) is 0 Å². The average Bonchev–Trinajstić information content (AvgIpc) is 2.33. The number of pyridine rings is 1. The van der Waals surface area contributed by atoms with Gasteiger partial charge in [0.25, 0.3) is 5.69 Å². The van der Waals surface area contributed by atoms with Crippen LogP contribution in [0.25, 0.3) is 0 Å². The number of nitrogens with zero attached hydrogens (tertiary/aromatic N) is 2. The number of benzene rings is 1. The molecule has 0 aliphatic carbocycles. The third-order valence-electron chi connectivity index (χ3n) is 2.01. The maximum atomic E-state index is 10.5. The zero-order valence-electron chi connectivity index (χ0n) is 8.54. The molecular formula is C11H7BrN2O2S. The fourth-order valence-electron chi connectivity index (χ4n) is 1.21. The maximum Gasteiger partial charge on any atom is 0.269 e. The summed E-state index contributed by atoms with van der Waals surface area (Å²) in [6, 6.07) is 8.34. The largest absolute Gasteiger partial charge is 0.269 e. The van der Waals surface area contributed by atoms with Crippen LogP contribution in [0.5, 0.6) is 0 Å². The van der Waals surface area contributed by atoms with Gasteiger partial charge in [-0.2, -0.15) is 0 Å². The predicted molar refractivity (Wildman–Crippen MR) is 69.2 cm³/mol. The van der Waals surface area contributed by atoms with Gasteiger partial charge >= 0.3 is 0 Å². The molecule has 0 bridgehead atoms. The van der Waals surface area contributed by atoms with Crippen LogP contribution in [0.15, 0.2) is 57.0 Å². The van der Waals surface area contributed by atoms with Crippen LogP contribution in [0.1, 0.15) is 0 Å². The second-order valence-corrected chi connectivity index (χ2v) is 5.13. The molecule has 17 heavy (non-hydrogen) atoms. The highest BCUT2D eigenvalue weighted by Gasteiger charge is 2.06. The molecular weight excluding hydrogens is 304 g/mol. The van der Waals surface area contributed by atoms with Crippen molar-refractivity contribution in [2.75, 3.05) is 0 Å². The summed E-state index contributed by atoms with van der Waals surface area (Å²) in [6.45, 7) is 0. The van der Waals surface area contributed by atoms with Gasteiger partial charge in [0.1, 0.15) is 0 Å². The second-order valence-electron chi connectivity index (χ2n) is 3.16. The van der Waals surface area contributed by atoms with Crippen molar-refractivity contribution < 1.29 is 4.92 Å². The zero-order chi connectivity index (χ0) is 12.3. The van der Waals surface area contributed by atoms with E-state index in [2.05, 4.69) is 20.9 Å². The van der Waals surface area contributed by atoms with Gasteiger partial charge in [-0.05, 0) is 34.1 Å². The molecule has 1 aromatic heterocycles. The second kappa shape index (κ2) is 5.29. The van der Waals surface area contributed by atoms with Crippen molar-refractivity contribution in [3.63, 3.8) is 0 Å². The third-order valence-corrected chi connectivity index (χ3v) is 3.99. The van der Waals surface area contributed by atoms with E-state index in [0.717, 1.165) is 14.3 Å². The first-order valence-corrected chi connectivity index (χ1v) is 6.29. The lowest BCUT2D eigenvalue weighted by Gasteiger charge is -2.02. The summed E-state index contributed by atoms with van der Waals surface area (Å²) in [5.74, 6) is 0. The Morgan fingerprint density at radius 3 is 2.53 bits per heavy atom. The van der Waals surface area contributed by atoms with Crippen molar-refractivity contribution in [3.8, 4) is 0 Å². The first kappa shape index (κ1) is 12.1. The highest BCUT2D eigenvalue weighted by molar-refractivity contribution is 9.10. The Bertz CT molecular complexity index is 545. The highest BCUT2D eigenvalue weighted by Crippen LogP contribution is 2.33. The van der Waals surface area contributed by atoms with E-state index in [9.17, 15) is 10.1 Å². The third kappa shape index (κ3) is 3.04. The van der Waals surface area contributed by atoms with Crippen LogP contribution < -0.4 is 0 Å². The van der Waals surface area contributed by atoms with Crippen molar-refractivity contribution in [3.05, 3.63) is 57.3 Å². The number of hydrogen-bond acceptors (Lipinski definition) is 4. The van der Waals surface area contributed by atoms with Crippen LogP contribution >= 0.6 is 27.7 Å². The Labute approximate surface area is 110 Å². The molecule has 1 heterocycles. The number of nitro benzene ring substituents is 1. The molecule has 0 saturated carbocycles. The van der Waals surface area contributed by atoms with E-state index in [1.54, 1.807) is 24.5 Å². The van der Waals surface area contributed by atoms with Gasteiger partial charge in [0, 0.05) is 38.8 Å². The van der Waals surface area contributed by atoms with E-state index in [-0.39, 0.29) is 5.69 Å². The smallest absolute Gasteiger partial charge is 0.263 e. The van der Waals surface area contributed by atoms with Gasteiger partial charge in [-0.25, -0.2) is 0 Å². The maximum absolute atomic E-state index is 10.5. The summed E-state index contributed by atoms with van der Waals surface area (Å²) in [7, 11) is 0. The molecule has 0 atom stereocenters. The van der Waals surface area contributed by atoms with E-state index in [1.807, 2.05) is 6.07 Å². The Balaban J connectivity index is 2.20. The molecule has 2 aromatic rings. The van der Waals surface area contributed by atoms with Crippen LogP contribution in [0.2, 0.25) is 0 Å². The summed E-state index contributed by atoms with van der Waals surface area (Å²) in [5, 5.41) is 10.5. The van der Waals surface area contributed by atoms with E-state index in [1.165, 1.54) is 23.9 Å². The van der Waals surface area contributed by atoms with Crippen molar-refractivity contribution in [1.82, 2.24) is 4.98 Å². The Morgan fingerprint density at radius 2 is 1.94 bits per heavy atom. The first-order chi connectivity index (χ1) is 8.16. The number of halogens is 1. The predicted octanol–water partition coefficient (Wildman–Crippen LogP) is 3.90. The first-order valence-electron chi connectivity index (χ1n) is 4.68. The fourth-order valence-corrected chi connectivity index (χ4v) is 2.51. The van der Waals surface area contributed by atoms with Crippen LogP contribution in [-0.4, -0.2) is 9.91 Å². The van der Waals surface area contributed by atoms with Gasteiger partial charge in [-0.1, -0.05) is 11.8 Å². The molecule has 0 saturated heterocycles. The van der Waals surface area contributed by atoms with E-state index in [4.69, 9.17) is 0 Å². The Kier molecular flexibility index (Phi) is 3.75. The quantitative estimate of drug-likeness (QED) is 0.637. The number of rotatable bonds is 3. The zero-order valence-corrected chi connectivity index (χ0v) is 10.9. The molecule has 86 valence electrons. The summed E-state index contributed by atoms with van der Waals surface area (Å²) >= 11 is 4.93. The molecule has 0 unspecified atom stereocenters. The van der Waals surface area contributed by atoms with Crippen molar-refractivity contribution in [2.24, 2.45) is 0 Å². The Hall–Kier alpha value is -1.40. The molecule has 6 heteroatoms. The molecule has 1 aromatic carbocycles. The molecule has 0 N–H and O–H groups in total. The van der Waals surface area contributed by atoms with Crippen LogP contribution in [0, 0.1) is 10.1 Å². The number of nitro groups is 1. The van der Waals surface area contributed by atoms with Gasteiger partial charge in [0.2, 0.25) is 0 Å². The van der Waals surface area contributed by atoms with Crippen LogP contribution in [-0.2, 0) is 0 Å². The minimum Gasteiger partial charge on any atom is -0.263 e. The lowest BCUT2D eigenvalue weighted by atomic mass is 10.3. The molecule has 0 fully saturated rings. The fraction of sp³-hybridized carbons (Fsp3) is 0. The SMILES string of the molecule is O=[N+]([O-])c1ccc(Sc2ccncc2Br)cc1. The van der Waals surface area contributed by atoms with E-state index < -0.39 is 4.92 Å². The highest BCUT2D eigenvalue weighted by atomic mass is 79.9. The van der Waals surface area contributed by atoms with Gasteiger partial charge in [-0.3, -0.25) is 15.1 Å². The molecule has 0 aliphatic heterocycles. The summed E-state index contributed by atoms with van der Waals surface area (Å²) < 4.78 is 0.906. The number of aromatic nitrogens is 1. The van der Waals surface area contributed by atoms with Gasteiger partial charge < -0.3 is 0 Å². The standard InChI is InChI=1S/C11H7BrN2O2S/c12-10-7-13-6-5-11(10)17-9-3-1-8(2-4-9)14(15)16/h1-7H. The monoisotopic (exact) mass is 310 g/mol. The summed E-state index contributed by atoms with van der Waals surface area (Å²) in [5.41, 5.74) is 0.100. The van der Waals surface area contributed by atoms with Crippen molar-refractivity contribution >= 4 is 33.4 Å². The number of non-ortho nitro benzene ring substituents is 1. The number of hydrogen-bond donors (Lipinski definition) is 0. The lowest BCUT2D eigenvalue weighted by Crippen LogP contribution is -1.86. The average molecular weight is 311 g/mol. The summed E-state index contributed by atoms with van der Waals surface area (Å²) in [4.78, 5) is 16.0. The van der Waals surface area contributed by atoms with Gasteiger partial charge in [0.15, 0.2) is 0 Å². The van der Waals surface area contributed by atoms with Gasteiger partial charge in [0.05, 0.1) is 4.92 Å². The minimum absolute atomic E-state index is 0.100. The molecule has 0 radical (unpaired) electrons. The van der Waals surface area contributed by atoms with Crippen LogP contribution in [0.4, 0.5) is 5.69 Å². The normalized spacial score (nSPS) is 10.2. The molecule has 0 spiro atoms. The van der Waals surface area contributed by atoms with Crippen molar-refractivity contribution in [1.29, 1.82) is 0 Å². The minimum atomic E-state index is -0.406. The Morgan fingerprint density at radius 1 is 1.24 bits per heavy atom. The molecule has 4 nitrogen and oxygen atoms in total. The molecule has 0 amide bonds. The summed E-state index contributed by atoms with van der Waals surface area (Å²) in [6.07, 6.45) is 3.42. The topological polar surface area (TPSA) is 56.0 Å². The molecule has 0 aliphatic rings. The van der Waals surface area contributed by atoms with E-state index in [0.29, 0.717) is 0 Å². The van der Waals surface area contributed by atoms with E-state index >= 15 is 0 Å². The van der Waals surface area contributed by atoms with Gasteiger partial charge in [-0.15, -0.1) is 0 Å². The molecule has 2 rings (SSSR count). The lowest BCUT2D eigenvalue weighted by molar-refractivity contribution is -0.384. The van der Waals surface area contributed by atoms with Crippen molar-refractivity contribution in [2.45, 2.75) is 9.79 Å².